The SMILES string of the molecule is [2H]C([2H])([2H])Oc1cc(N2CCC(N3CCN(C)CC3)CC2)ccc1Nc1ncnc(Nc2ccccc2S(=O)(=O)C(C)C)n1. The Morgan fingerprint density at radius 1 is 0.951 bits per heavy atom. The summed E-state index contributed by atoms with van der Waals surface area (Å²) in [5.74, 6) is 0.391. The molecule has 41 heavy (non-hydrogen) atoms. The van der Waals surface area contributed by atoms with Crippen LogP contribution in [0.25, 0.3) is 0 Å². The van der Waals surface area contributed by atoms with Crippen LogP contribution in [0.4, 0.5) is 29.0 Å². The first-order valence-corrected chi connectivity index (χ1v) is 15.5. The van der Waals surface area contributed by atoms with Gasteiger partial charge in [0.2, 0.25) is 11.9 Å². The first-order valence-electron chi connectivity index (χ1n) is 15.5. The first-order chi connectivity index (χ1) is 20.9. The Morgan fingerprint density at radius 3 is 2.32 bits per heavy atom. The van der Waals surface area contributed by atoms with Crippen molar-refractivity contribution >= 4 is 38.8 Å². The van der Waals surface area contributed by atoms with E-state index in [0.29, 0.717) is 17.4 Å². The van der Waals surface area contributed by atoms with Crippen molar-refractivity contribution in [2.75, 3.05) is 68.9 Å². The average molecular weight is 584 g/mol. The second-order valence-corrected chi connectivity index (χ2v) is 13.3. The van der Waals surface area contributed by atoms with E-state index >= 15 is 0 Å². The maximum absolute atomic E-state index is 12.9. The summed E-state index contributed by atoms with van der Waals surface area (Å²) in [4.78, 5) is 20.1. The number of nitrogens with zero attached hydrogens (tertiary/aromatic N) is 6. The number of hydrogen-bond acceptors (Lipinski definition) is 11. The predicted molar refractivity (Wildman–Crippen MR) is 162 cm³/mol. The fraction of sp³-hybridized carbons (Fsp3) is 0.483. The highest BCUT2D eigenvalue weighted by Crippen LogP contribution is 2.33. The van der Waals surface area contributed by atoms with Crippen LogP contribution in [0.3, 0.4) is 0 Å². The lowest BCUT2D eigenvalue weighted by atomic mass is 10.0. The number of methoxy groups -OCH3 is 1. The number of hydrogen-bond donors (Lipinski definition) is 2. The molecule has 12 heteroatoms. The zero-order valence-electron chi connectivity index (χ0n) is 26.7. The maximum atomic E-state index is 12.9. The first kappa shape index (κ1) is 25.2. The van der Waals surface area contributed by atoms with E-state index in [1.807, 2.05) is 6.07 Å². The van der Waals surface area contributed by atoms with E-state index in [-0.39, 0.29) is 22.5 Å². The van der Waals surface area contributed by atoms with Gasteiger partial charge in [0.25, 0.3) is 0 Å². The van der Waals surface area contributed by atoms with Crippen LogP contribution in [-0.4, -0.2) is 97.8 Å². The number of ether oxygens (including phenoxy) is 1. The Labute approximate surface area is 247 Å². The summed E-state index contributed by atoms with van der Waals surface area (Å²) in [5.41, 5.74) is 1.59. The molecule has 3 aromatic rings. The number of likely N-dealkylation sites (N-methyl/N-ethyl adjacent to an activating group) is 1. The van der Waals surface area contributed by atoms with E-state index in [0.717, 1.165) is 57.8 Å². The third-order valence-electron chi connectivity index (χ3n) is 7.84. The molecule has 3 heterocycles. The van der Waals surface area contributed by atoms with Crippen LogP contribution in [0.2, 0.25) is 0 Å². The highest BCUT2D eigenvalue weighted by atomic mass is 32.2. The van der Waals surface area contributed by atoms with Crippen molar-refractivity contribution in [2.45, 2.75) is 42.9 Å². The van der Waals surface area contributed by atoms with E-state index < -0.39 is 22.1 Å². The van der Waals surface area contributed by atoms with Gasteiger partial charge in [0.15, 0.2) is 9.84 Å². The molecule has 0 amide bonds. The molecule has 5 rings (SSSR count). The molecule has 0 saturated carbocycles. The maximum Gasteiger partial charge on any atom is 0.232 e. The molecule has 2 aliphatic rings. The molecule has 0 radical (unpaired) electrons. The summed E-state index contributed by atoms with van der Waals surface area (Å²) in [6.45, 7) is 9.36. The minimum Gasteiger partial charge on any atom is -0.494 e. The quantitative estimate of drug-likeness (QED) is 0.384. The molecule has 2 aromatic carbocycles. The van der Waals surface area contributed by atoms with Gasteiger partial charge < -0.3 is 25.2 Å². The lowest BCUT2D eigenvalue weighted by Gasteiger charge is -2.42. The fourth-order valence-corrected chi connectivity index (χ4v) is 6.50. The van der Waals surface area contributed by atoms with E-state index in [4.69, 9.17) is 8.85 Å². The Kier molecular flexibility index (Phi) is 7.75. The minimum atomic E-state index is -3.56. The molecular formula is C29H40N8O3S. The summed E-state index contributed by atoms with van der Waals surface area (Å²) in [6, 6.07) is 12.5. The van der Waals surface area contributed by atoms with Crippen molar-refractivity contribution in [3.05, 3.63) is 48.8 Å². The van der Waals surface area contributed by atoms with E-state index in [2.05, 4.69) is 47.3 Å². The third kappa shape index (κ3) is 6.71. The Balaban J connectivity index is 1.32. The van der Waals surface area contributed by atoms with E-state index in [1.165, 1.54) is 12.4 Å². The van der Waals surface area contributed by atoms with Crippen LogP contribution < -0.4 is 20.3 Å². The number of benzene rings is 2. The zero-order valence-corrected chi connectivity index (χ0v) is 24.6. The second kappa shape index (κ2) is 12.6. The minimum absolute atomic E-state index is 0.118. The number of piperidine rings is 1. The Hall–Kier alpha value is -3.48. The topological polar surface area (TPSA) is 116 Å². The molecule has 2 N–H and O–H groups in total. The highest BCUT2D eigenvalue weighted by molar-refractivity contribution is 7.92. The molecular weight excluding hydrogens is 540 g/mol. The lowest BCUT2D eigenvalue weighted by Crippen LogP contribution is -2.52. The van der Waals surface area contributed by atoms with Gasteiger partial charge in [-0.1, -0.05) is 12.1 Å². The number of rotatable bonds is 9. The molecule has 2 saturated heterocycles. The predicted octanol–water partition coefficient (Wildman–Crippen LogP) is 3.77. The van der Waals surface area contributed by atoms with Crippen LogP contribution in [-0.2, 0) is 9.84 Å². The van der Waals surface area contributed by atoms with Gasteiger partial charge in [0, 0.05) is 57.1 Å². The largest absolute Gasteiger partial charge is 0.494 e. The Morgan fingerprint density at radius 2 is 1.63 bits per heavy atom. The number of para-hydroxylation sites is 1. The van der Waals surface area contributed by atoms with Gasteiger partial charge in [-0.15, -0.1) is 0 Å². The Bertz CT molecular complexity index is 1540. The van der Waals surface area contributed by atoms with Gasteiger partial charge >= 0.3 is 0 Å². The van der Waals surface area contributed by atoms with E-state index in [9.17, 15) is 8.42 Å². The van der Waals surface area contributed by atoms with Gasteiger partial charge in [-0.2, -0.15) is 4.98 Å². The lowest BCUT2D eigenvalue weighted by molar-refractivity contribution is 0.0982. The van der Waals surface area contributed by atoms with Crippen molar-refractivity contribution in [2.24, 2.45) is 0 Å². The number of anilines is 5. The smallest absolute Gasteiger partial charge is 0.232 e. The second-order valence-electron chi connectivity index (χ2n) is 10.8. The van der Waals surface area contributed by atoms with Gasteiger partial charge in [-0.05, 0) is 58.0 Å². The van der Waals surface area contributed by atoms with Crippen molar-refractivity contribution in [3.8, 4) is 5.75 Å². The molecule has 0 atom stereocenters. The molecule has 220 valence electrons. The zero-order chi connectivity index (χ0) is 31.5. The van der Waals surface area contributed by atoms with E-state index in [1.54, 1.807) is 44.2 Å². The van der Waals surface area contributed by atoms with Gasteiger partial charge in [0.05, 0.1) is 32.7 Å². The van der Waals surface area contributed by atoms with Crippen molar-refractivity contribution in [3.63, 3.8) is 0 Å². The van der Waals surface area contributed by atoms with Crippen molar-refractivity contribution in [1.82, 2.24) is 24.8 Å². The van der Waals surface area contributed by atoms with Gasteiger partial charge in [0.1, 0.15) is 12.1 Å². The molecule has 0 spiro atoms. The van der Waals surface area contributed by atoms with Gasteiger partial charge in [-0.25, -0.2) is 18.4 Å². The molecule has 1 aromatic heterocycles. The molecule has 0 bridgehead atoms. The average Bonchev–Trinajstić information content (AvgIpc) is 2.98. The van der Waals surface area contributed by atoms with Crippen LogP contribution in [0.15, 0.2) is 53.7 Å². The van der Waals surface area contributed by atoms with Crippen LogP contribution >= 0.6 is 0 Å². The summed E-state index contributed by atoms with van der Waals surface area (Å²) in [7, 11) is -4.06. The van der Waals surface area contributed by atoms with Crippen LogP contribution in [0, 0.1) is 0 Å². The van der Waals surface area contributed by atoms with Crippen molar-refractivity contribution in [1.29, 1.82) is 0 Å². The number of piperazine rings is 1. The van der Waals surface area contributed by atoms with Crippen LogP contribution in [0.5, 0.6) is 5.75 Å². The highest BCUT2D eigenvalue weighted by Gasteiger charge is 2.27. The summed E-state index contributed by atoms with van der Waals surface area (Å²) >= 11 is 0. The third-order valence-corrected chi connectivity index (χ3v) is 10.0. The molecule has 11 nitrogen and oxygen atoms in total. The summed E-state index contributed by atoms with van der Waals surface area (Å²) in [5, 5.41) is 5.41. The number of aromatic nitrogens is 3. The standard InChI is InChI=1S/C29H40N8O3S/c1-21(2)41(38,39)27-8-6-5-7-25(27)33-29-31-20-30-28(34-29)32-24-10-9-23(19-26(24)40-4)36-13-11-22(12-14-36)37-17-15-35(3)16-18-37/h5-10,19-22H,11-18H2,1-4H3,(H2,30,31,32,33,34)/i4D3. The normalized spacial score (nSPS) is 18.9. The number of sulfone groups is 1. The van der Waals surface area contributed by atoms with Crippen LogP contribution in [0.1, 0.15) is 30.8 Å². The molecule has 2 fully saturated rings. The number of nitrogens with one attached hydrogen (secondary N) is 2. The monoisotopic (exact) mass is 583 g/mol. The summed E-state index contributed by atoms with van der Waals surface area (Å²) < 4.78 is 54.4. The molecule has 2 aliphatic heterocycles. The fourth-order valence-electron chi connectivity index (χ4n) is 5.30. The molecule has 0 unspecified atom stereocenters. The van der Waals surface area contributed by atoms with Crippen molar-refractivity contribution < 1.29 is 17.3 Å². The summed E-state index contributed by atoms with van der Waals surface area (Å²) in [6.07, 6.45) is 3.36. The molecule has 0 aliphatic carbocycles. The van der Waals surface area contributed by atoms with Gasteiger partial charge in [-0.3, -0.25) is 4.90 Å².